The molecule has 0 fully saturated rings. The highest BCUT2D eigenvalue weighted by Gasteiger charge is 2.10. The number of aromatic nitrogens is 6. The van der Waals surface area contributed by atoms with Crippen LogP contribution in [0.1, 0.15) is 17.0 Å². The lowest BCUT2D eigenvalue weighted by molar-refractivity contribution is 0.696. The predicted molar refractivity (Wildman–Crippen MR) is 136 cm³/mol. The van der Waals surface area contributed by atoms with Gasteiger partial charge in [-0.2, -0.15) is 5.10 Å². The van der Waals surface area contributed by atoms with E-state index < -0.39 is 0 Å². The van der Waals surface area contributed by atoms with E-state index in [9.17, 15) is 0 Å². The maximum Gasteiger partial charge on any atom is 0.137 e. The van der Waals surface area contributed by atoms with Crippen molar-refractivity contribution in [3.63, 3.8) is 0 Å². The van der Waals surface area contributed by atoms with Gasteiger partial charge in [0.25, 0.3) is 0 Å². The Morgan fingerprint density at radius 2 is 1.76 bits per heavy atom. The fourth-order valence-electron chi connectivity index (χ4n) is 4.41. The largest absolute Gasteiger partial charge is 0.383 e. The van der Waals surface area contributed by atoms with Crippen LogP contribution in [-0.2, 0) is 20.1 Å². The molecule has 0 saturated carbocycles. The summed E-state index contributed by atoms with van der Waals surface area (Å²) in [7, 11) is 2.04. The predicted octanol–water partition coefficient (Wildman–Crippen LogP) is 4.42. The molecule has 168 valence electrons. The van der Waals surface area contributed by atoms with Gasteiger partial charge in [-0.25, -0.2) is 15.0 Å². The third kappa shape index (κ3) is 3.49. The Labute approximate surface area is 196 Å². The highest BCUT2D eigenvalue weighted by molar-refractivity contribution is 5.91. The van der Waals surface area contributed by atoms with Crippen molar-refractivity contribution in [3.05, 3.63) is 84.1 Å². The summed E-state index contributed by atoms with van der Waals surface area (Å²) in [6.07, 6.45) is 5.57. The van der Waals surface area contributed by atoms with Gasteiger partial charge in [0.15, 0.2) is 0 Å². The first-order valence-electron chi connectivity index (χ1n) is 11.2. The number of hydrogen-bond acceptors (Lipinski definition) is 6. The first-order valence-corrected chi connectivity index (χ1v) is 11.2. The molecule has 0 atom stereocenters. The molecule has 4 aromatic heterocycles. The third-order valence-electron chi connectivity index (χ3n) is 6.31. The zero-order chi connectivity index (χ0) is 23.2. The average molecular weight is 449 g/mol. The van der Waals surface area contributed by atoms with Gasteiger partial charge in [0.1, 0.15) is 17.5 Å². The Hall–Kier alpha value is -4.46. The summed E-state index contributed by atoms with van der Waals surface area (Å²) in [6, 6.07) is 16.5. The smallest absolute Gasteiger partial charge is 0.137 e. The molecule has 0 aliphatic heterocycles. The van der Waals surface area contributed by atoms with E-state index in [4.69, 9.17) is 10.8 Å². The van der Waals surface area contributed by atoms with Crippen LogP contribution in [-0.4, -0.2) is 29.3 Å². The number of fused-ring (bicyclic) bond motifs is 3. The van der Waals surface area contributed by atoms with E-state index in [0.29, 0.717) is 18.9 Å². The van der Waals surface area contributed by atoms with Gasteiger partial charge in [-0.1, -0.05) is 18.2 Å². The minimum atomic E-state index is 0.549. The van der Waals surface area contributed by atoms with E-state index in [1.807, 2.05) is 43.0 Å². The van der Waals surface area contributed by atoms with Crippen molar-refractivity contribution >= 4 is 44.3 Å². The van der Waals surface area contributed by atoms with Crippen molar-refractivity contribution in [2.75, 3.05) is 11.1 Å². The quantitative estimate of drug-likeness (QED) is 0.405. The molecule has 0 bridgehead atoms. The van der Waals surface area contributed by atoms with E-state index in [1.54, 1.807) is 12.4 Å². The van der Waals surface area contributed by atoms with Gasteiger partial charge in [0.2, 0.25) is 0 Å². The van der Waals surface area contributed by atoms with Crippen molar-refractivity contribution in [1.82, 2.24) is 29.3 Å². The second-order valence-corrected chi connectivity index (χ2v) is 8.57. The summed E-state index contributed by atoms with van der Waals surface area (Å²) in [5.41, 5.74) is 11.3. The van der Waals surface area contributed by atoms with E-state index in [1.165, 1.54) is 0 Å². The molecule has 6 rings (SSSR count). The van der Waals surface area contributed by atoms with Gasteiger partial charge in [-0.05, 0) is 53.8 Å². The van der Waals surface area contributed by atoms with Crippen LogP contribution >= 0.6 is 0 Å². The van der Waals surface area contributed by atoms with Crippen LogP contribution in [0.15, 0.2) is 67.1 Å². The van der Waals surface area contributed by atoms with Crippen molar-refractivity contribution < 1.29 is 0 Å². The molecule has 8 nitrogen and oxygen atoms in total. The number of nitrogens with one attached hydrogen (secondary N) is 1. The Morgan fingerprint density at radius 3 is 2.68 bits per heavy atom. The molecule has 0 unspecified atom stereocenters. The topological polar surface area (TPSA) is 99.5 Å². The van der Waals surface area contributed by atoms with E-state index >= 15 is 0 Å². The lowest BCUT2D eigenvalue weighted by Crippen LogP contribution is -2.02. The minimum absolute atomic E-state index is 0.549. The van der Waals surface area contributed by atoms with Gasteiger partial charge < -0.3 is 15.6 Å². The van der Waals surface area contributed by atoms with Crippen molar-refractivity contribution in [2.24, 2.45) is 7.05 Å². The number of nitrogens with zero attached hydrogens (tertiary/aromatic N) is 6. The summed E-state index contributed by atoms with van der Waals surface area (Å²) in [5.74, 6) is 2.37. The SMILES string of the molecule is Cc1nc2cc(Cn3cc4c(NCc5ccc6c(N)nccc6c5)nccc4n3)ccc2n1C. The second-order valence-electron chi connectivity index (χ2n) is 8.57. The zero-order valence-electron chi connectivity index (χ0n) is 19.0. The van der Waals surface area contributed by atoms with Gasteiger partial charge >= 0.3 is 0 Å². The molecule has 0 amide bonds. The Bertz CT molecular complexity index is 1680. The average Bonchev–Trinajstić information content (AvgIpc) is 3.37. The fraction of sp³-hybridized carbons (Fsp3) is 0.154. The maximum atomic E-state index is 5.98. The monoisotopic (exact) mass is 448 g/mol. The molecule has 0 aliphatic carbocycles. The van der Waals surface area contributed by atoms with Gasteiger partial charge in [-0.15, -0.1) is 0 Å². The molecule has 0 saturated heterocycles. The first kappa shape index (κ1) is 20.2. The lowest BCUT2D eigenvalue weighted by atomic mass is 10.1. The maximum absolute atomic E-state index is 5.98. The molecule has 34 heavy (non-hydrogen) atoms. The summed E-state index contributed by atoms with van der Waals surface area (Å²) >= 11 is 0. The van der Waals surface area contributed by atoms with Crippen LogP contribution in [0.5, 0.6) is 0 Å². The molecular formula is C26H24N8. The number of rotatable bonds is 5. The minimum Gasteiger partial charge on any atom is -0.383 e. The number of aryl methyl sites for hydroxylation is 2. The number of imidazole rings is 1. The molecule has 2 aromatic carbocycles. The first-order chi connectivity index (χ1) is 16.5. The number of anilines is 2. The highest BCUT2D eigenvalue weighted by Crippen LogP contribution is 2.24. The third-order valence-corrected chi connectivity index (χ3v) is 6.31. The molecule has 8 heteroatoms. The van der Waals surface area contributed by atoms with E-state index in [0.717, 1.165) is 55.5 Å². The summed E-state index contributed by atoms with van der Waals surface area (Å²) in [5, 5.41) is 11.3. The van der Waals surface area contributed by atoms with Crippen LogP contribution in [0.4, 0.5) is 11.6 Å². The standard InChI is InChI=1S/C26H24N8/c1-16-31-23-12-18(4-6-24(23)33(16)2)14-34-15-21-22(32-34)8-10-29-26(21)30-13-17-3-5-20-19(11-17)7-9-28-25(20)27/h3-12,15H,13-14H2,1-2H3,(H2,27,28)(H,29,30). The van der Waals surface area contributed by atoms with Gasteiger partial charge in [0.05, 0.1) is 28.5 Å². The van der Waals surface area contributed by atoms with Crippen LogP contribution < -0.4 is 11.1 Å². The zero-order valence-corrected chi connectivity index (χ0v) is 19.0. The second kappa shape index (κ2) is 7.84. The van der Waals surface area contributed by atoms with Crippen molar-refractivity contribution in [2.45, 2.75) is 20.0 Å². The molecule has 0 aliphatic rings. The normalized spacial score (nSPS) is 11.6. The molecule has 3 N–H and O–H groups in total. The molecule has 4 heterocycles. The highest BCUT2D eigenvalue weighted by atomic mass is 15.3. The number of benzene rings is 2. The van der Waals surface area contributed by atoms with Gasteiger partial charge in [-0.3, -0.25) is 4.68 Å². The molecule has 6 aromatic rings. The van der Waals surface area contributed by atoms with Crippen LogP contribution in [0.25, 0.3) is 32.7 Å². The summed E-state index contributed by atoms with van der Waals surface area (Å²) in [4.78, 5) is 13.4. The van der Waals surface area contributed by atoms with Gasteiger partial charge in [0, 0.05) is 37.6 Å². The van der Waals surface area contributed by atoms with Crippen molar-refractivity contribution in [3.8, 4) is 0 Å². The van der Waals surface area contributed by atoms with E-state index in [-0.39, 0.29) is 0 Å². The molecule has 0 spiro atoms. The van der Waals surface area contributed by atoms with Crippen LogP contribution in [0.3, 0.4) is 0 Å². The van der Waals surface area contributed by atoms with Crippen molar-refractivity contribution in [1.29, 1.82) is 0 Å². The number of pyridine rings is 2. The van der Waals surface area contributed by atoms with E-state index in [2.05, 4.69) is 55.2 Å². The molecular weight excluding hydrogens is 424 g/mol. The summed E-state index contributed by atoms with van der Waals surface area (Å²) < 4.78 is 4.06. The van der Waals surface area contributed by atoms with Crippen LogP contribution in [0.2, 0.25) is 0 Å². The Morgan fingerprint density at radius 1 is 0.912 bits per heavy atom. The Kier molecular flexibility index (Phi) is 4.65. The molecule has 0 radical (unpaired) electrons. The lowest BCUT2D eigenvalue weighted by Gasteiger charge is -2.08. The summed E-state index contributed by atoms with van der Waals surface area (Å²) in [6.45, 7) is 3.33. The number of hydrogen-bond donors (Lipinski definition) is 2. The Balaban J connectivity index is 1.25. The number of nitrogens with two attached hydrogens (primary N) is 1. The number of nitrogen functional groups attached to an aromatic ring is 1. The van der Waals surface area contributed by atoms with Crippen LogP contribution in [0, 0.1) is 6.92 Å². The fourth-order valence-corrected chi connectivity index (χ4v) is 4.41.